The lowest BCUT2D eigenvalue weighted by Gasteiger charge is -2.12. The molecule has 0 spiro atoms. The molecule has 0 unspecified atom stereocenters. The van der Waals surface area contributed by atoms with Gasteiger partial charge in [-0.3, -0.25) is 0 Å². The molecule has 11 rings (SSSR count). The third kappa shape index (κ3) is 4.78. The van der Waals surface area contributed by atoms with Crippen LogP contribution in [-0.4, -0.2) is 19.1 Å². The van der Waals surface area contributed by atoms with Crippen LogP contribution < -0.4 is 0 Å². The second kappa shape index (κ2) is 12.1. The summed E-state index contributed by atoms with van der Waals surface area (Å²) in [5, 5.41) is 7.22. The number of para-hydroxylation sites is 3. The standard InChI is InChI=1S/C50H32N4/c1-2-13-38(14-3-1)53-32-31-36-27-30-46-47(49(36)53)43-17-7-9-20-45(43)54(46)39-28-25-37(26-29-39)50-51-44-19-8-6-16-42(44)48(52-50)35-23-21-34(22-24-35)41-18-10-12-33-11-4-5-15-40(33)41/h1-32H. The predicted molar refractivity (Wildman–Crippen MR) is 225 cm³/mol. The average molecular weight is 689 g/mol. The van der Waals surface area contributed by atoms with E-state index in [9.17, 15) is 0 Å². The molecule has 0 fully saturated rings. The minimum atomic E-state index is 0.706. The summed E-state index contributed by atoms with van der Waals surface area (Å²) in [6.07, 6.45) is 2.18. The minimum absolute atomic E-state index is 0.706. The molecule has 0 amide bonds. The van der Waals surface area contributed by atoms with E-state index in [1.165, 1.54) is 54.6 Å². The van der Waals surface area contributed by atoms with E-state index in [1.54, 1.807) is 0 Å². The van der Waals surface area contributed by atoms with Crippen molar-refractivity contribution in [1.82, 2.24) is 19.1 Å². The maximum Gasteiger partial charge on any atom is 0.160 e. The molecule has 0 bridgehead atoms. The highest BCUT2D eigenvalue weighted by Gasteiger charge is 2.18. The zero-order valence-electron chi connectivity index (χ0n) is 29.3. The molecule has 0 aliphatic heterocycles. The number of rotatable bonds is 5. The second-order valence-corrected chi connectivity index (χ2v) is 13.8. The molecule has 252 valence electrons. The van der Waals surface area contributed by atoms with E-state index in [2.05, 4.69) is 197 Å². The van der Waals surface area contributed by atoms with Crippen LogP contribution in [0.3, 0.4) is 0 Å². The largest absolute Gasteiger partial charge is 0.316 e. The van der Waals surface area contributed by atoms with Gasteiger partial charge in [0.2, 0.25) is 0 Å². The van der Waals surface area contributed by atoms with Crippen molar-refractivity contribution in [2.45, 2.75) is 0 Å². The van der Waals surface area contributed by atoms with Gasteiger partial charge in [-0.05, 0) is 82.6 Å². The van der Waals surface area contributed by atoms with Crippen LogP contribution in [0.25, 0.3) is 99.5 Å². The molecule has 4 heteroatoms. The maximum absolute atomic E-state index is 5.23. The smallest absolute Gasteiger partial charge is 0.160 e. The van der Waals surface area contributed by atoms with Crippen molar-refractivity contribution < 1.29 is 0 Å². The average Bonchev–Trinajstić information content (AvgIpc) is 3.83. The third-order valence-electron chi connectivity index (χ3n) is 10.8. The van der Waals surface area contributed by atoms with Gasteiger partial charge in [0.25, 0.3) is 0 Å². The summed E-state index contributed by atoms with van der Waals surface area (Å²) in [4.78, 5) is 10.3. The molecular formula is C50H32N4. The number of aromatic nitrogens is 4. The molecule has 0 N–H and O–H groups in total. The predicted octanol–water partition coefficient (Wildman–Crippen LogP) is 12.8. The Hall–Kier alpha value is -7.30. The highest BCUT2D eigenvalue weighted by molar-refractivity contribution is 6.20. The van der Waals surface area contributed by atoms with Crippen molar-refractivity contribution in [3.8, 4) is 45.1 Å². The second-order valence-electron chi connectivity index (χ2n) is 13.8. The zero-order chi connectivity index (χ0) is 35.6. The Kier molecular flexibility index (Phi) is 6.82. The molecule has 0 saturated carbocycles. The van der Waals surface area contributed by atoms with Crippen LogP contribution in [0.5, 0.6) is 0 Å². The van der Waals surface area contributed by atoms with E-state index in [1.807, 2.05) is 6.07 Å². The summed E-state index contributed by atoms with van der Waals surface area (Å²) in [5.74, 6) is 0.706. The van der Waals surface area contributed by atoms with Crippen LogP contribution in [0.4, 0.5) is 0 Å². The highest BCUT2D eigenvalue weighted by Crippen LogP contribution is 2.39. The van der Waals surface area contributed by atoms with Crippen LogP contribution in [0.15, 0.2) is 194 Å². The van der Waals surface area contributed by atoms with Crippen molar-refractivity contribution >= 4 is 54.4 Å². The lowest BCUT2D eigenvalue weighted by molar-refractivity contribution is 1.13. The molecule has 0 aliphatic rings. The van der Waals surface area contributed by atoms with Crippen LogP contribution >= 0.6 is 0 Å². The fraction of sp³-hybridized carbons (Fsp3) is 0. The lowest BCUT2D eigenvalue weighted by Crippen LogP contribution is -1.97. The lowest BCUT2D eigenvalue weighted by atomic mass is 9.96. The molecule has 0 saturated heterocycles. The van der Waals surface area contributed by atoms with Gasteiger partial charge in [0, 0.05) is 50.2 Å². The number of benzene rings is 8. The van der Waals surface area contributed by atoms with Gasteiger partial charge in [0.1, 0.15) is 0 Å². The van der Waals surface area contributed by atoms with Crippen molar-refractivity contribution in [2.75, 3.05) is 0 Å². The van der Waals surface area contributed by atoms with Crippen molar-refractivity contribution in [1.29, 1.82) is 0 Å². The summed E-state index contributed by atoms with van der Waals surface area (Å²) in [7, 11) is 0. The molecule has 8 aromatic carbocycles. The summed E-state index contributed by atoms with van der Waals surface area (Å²) >= 11 is 0. The highest BCUT2D eigenvalue weighted by atomic mass is 15.0. The summed E-state index contributed by atoms with van der Waals surface area (Å²) in [6.45, 7) is 0. The zero-order valence-corrected chi connectivity index (χ0v) is 29.3. The van der Waals surface area contributed by atoms with E-state index in [4.69, 9.17) is 9.97 Å². The van der Waals surface area contributed by atoms with Gasteiger partial charge in [-0.25, -0.2) is 9.97 Å². The van der Waals surface area contributed by atoms with E-state index in [0.29, 0.717) is 5.82 Å². The molecule has 11 aromatic rings. The molecule has 0 radical (unpaired) electrons. The molecule has 0 atom stereocenters. The number of fused-ring (bicyclic) bond motifs is 7. The Labute approximate surface area is 311 Å². The summed E-state index contributed by atoms with van der Waals surface area (Å²) in [5.41, 5.74) is 12.1. The molecule has 3 heterocycles. The van der Waals surface area contributed by atoms with Crippen LogP contribution in [0.1, 0.15) is 0 Å². The van der Waals surface area contributed by atoms with Gasteiger partial charge < -0.3 is 9.13 Å². The number of hydrogen-bond donors (Lipinski definition) is 0. The van der Waals surface area contributed by atoms with Gasteiger partial charge in [-0.1, -0.05) is 127 Å². The first-order valence-electron chi connectivity index (χ1n) is 18.3. The van der Waals surface area contributed by atoms with Gasteiger partial charge in [0.05, 0.1) is 27.8 Å². The Bertz CT molecular complexity index is 3180. The van der Waals surface area contributed by atoms with Crippen LogP contribution in [-0.2, 0) is 0 Å². The number of nitrogens with zero attached hydrogens (tertiary/aromatic N) is 4. The van der Waals surface area contributed by atoms with E-state index >= 15 is 0 Å². The van der Waals surface area contributed by atoms with Gasteiger partial charge in [-0.2, -0.15) is 0 Å². The topological polar surface area (TPSA) is 35.6 Å². The monoisotopic (exact) mass is 688 g/mol. The summed E-state index contributed by atoms with van der Waals surface area (Å²) < 4.78 is 4.68. The normalized spacial score (nSPS) is 11.7. The first-order valence-corrected chi connectivity index (χ1v) is 18.3. The van der Waals surface area contributed by atoms with E-state index in [-0.39, 0.29) is 0 Å². The van der Waals surface area contributed by atoms with Crippen molar-refractivity contribution in [3.63, 3.8) is 0 Å². The molecule has 0 aliphatic carbocycles. The van der Waals surface area contributed by atoms with Crippen LogP contribution in [0.2, 0.25) is 0 Å². The van der Waals surface area contributed by atoms with Gasteiger partial charge in [-0.15, -0.1) is 0 Å². The maximum atomic E-state index is 5.23. The van der Waals surface area contributed by atoms with Crippen LogP contribution in [0, 0.1) is 0 Å². The molecule has 4 nitrogen and oxygen atoms in total. The van der Waals surface area contributed by atoms with Gasteiger partial charge >= 0.3 is 0 Å². The minimum Gasteiger partial charge on any atom is -0.316 e. The Morgan fingerprint density at radius 1 is 0.389 bits per heavy atom. The van der Waals surface area contributed by atoms with Crippen molar-refractivity contribution in [3.05, 3.63) is 194 Å². The van der Waals surface area contributed by atoms with E-state index in [0.717, 1.165) is 39.1 Å². The summed E-state index contributed by atoms with van der Waals surface area (Å²) in [6, 6.07) is 66.8. The fourth-order valence-electron chi connectivity index (χ4n) is 8.23. The SMILES string of the molecule is c1ccc(-n2ccc3ccc4c(c5ccccc5n4-c4ccc(-c5nc(-c6ccc(-c7cccc8ccccc78)cc6)c6ccccc6n5)cc4)c32)cc1. The van der Waals surface area contributed by atoms with E-state index < -0.39 is 0 Å². The molecule has 3 aromatic heterocycles. The van der Waals surface area contributed by atoms with Crippen molar-refractivity contribution in [2.24, 2.45) is 0 Å². The fourth-order valence-corrected chi connectivity index (χ4v) is 8.23. The third-order valence-corrected chi connectivity index (χ3v) is 10.8. The Morgan fingerprint density at radius 3 is 1.93 bits per heavy atom. The molecule has 54 heavy (non-hydrogen) atoms. The first-order chi connectivity index (χ1) is 26.8. The first kappa shape index (κ1) is 30.3. The molecular weight excluding hydrogens is 657 g/mol. The Morgan fingerprint density at radius 2 is 1.07 bits per heavy atom. The Balaban J connectivity index is 1.02. The number of hydrogen-bond acceptors (Lipinski definition) is 2. The quantitative estimate of drug-likeness (QED) is 0.180. The van der Waals surface area contributed by atoms with Gasteiger partial charge in [0.15, 0.2) is 5.82 Å².